The summed E-state index contributed by atoms with van der Waals surface area (Å²) in [4.78, 5) is 0. The maximum Gasteiger partial charge on any atom is 0.416 e. The fraction of sp³-hybridized carbons (Fsp3) is 0.455. The zero-order chi connectivity index (χ0) is 12.8. The molecule has 0 heterocycles. The molecule has 1 fully saturated rings. The Labute approximate surface area is 101 Å². The number of phenols is 1. The van der Waals surface area contributed by atoms with Crippen LogP contribution in [0.3, 0.4) is 0 Å². The molecule has 94 valence electrons. The largest absolute Gasteiger partial charge is 0.508 e. The Kier molecular flexibility index (Phi) is 2.78. The Hall–Kier alpha value is -0.940. The van der Waals surface area contributed by atoms with E-state index in [1.807, 2.05) is 0 Å². The van der Waals surface area contributed by atoms with Crippen LogP contribution < -0.4 is 5.73 Å². The van der Waals surface area contributed by atoms with Crippen molar-refractivity contribution >= 4 is 11.6 Å². The Bertz CT molecular complexity index is 432. The molecule has 3 N–H and O–H groups in total. The zero-order valence-corrected chi connectivity index (χ0v) is 9.57. The van der Waals surface area contributed by atoms with Crippen LogP contribution >= 0.6 is 11.6 Å². The second-order valence-corrected chi connectivity index (χ2v) is 4.90. The first-order valence-electron chi connectivity index (χ1n) is 5.09. The average molecular weight is 266 g/mol. The van der Waals surface area contributed by atoms with Crippen LogP contribution in [0.15, 0.2) is 12.1 Å². The van der Waals surface area contributed by atoms with E-state index < -0.39 is 23.0 Å². The molecule has 2 rings (SSSR count). The molecule has 0 aromatic heterocycles. The molecule has 0 atom stereocenters. The van der Waals surface area contributed by atoms with Crippen LogP contribution in [0.5, 0.6) is 5.75 Å². The minimum Gasteiger partial charge on any atom is -0.508 e. The summed E-state index contributed by atoms with van der Waals surface area (Å²) >= 11 is 5.76. The van der Waals surface area contributed by atoms with Crippen LogP contribution in [-0.4, -0.2) is 10.6 Å². The van der Waals surface area contributed by atoms with Gasteiger partial charge < -0.3 is 10.8 Å². The minimum atomic E-state index is -4.51. The molecule has 17 heavy (non-hydrogen) atoms. The van der Waals surface area contributed by atoms with E-state index in [2.05, 4.69) is 0 Å². The van der Waals surface area contributed by atoms with Gasteiger partial charge in [0.15, 0.2) is 0 Å². The van der Waals surface area contributed by atoms with Crippen molar-refractivity contribution in [1.29, 1.82) is 0 Å². The van der Waals surface area contributed by atoms with Crippen molar-refractivity contribution in [3.8, 4) is 5.75 Å². The number of nitrogens with two attached hydrogens (primary N) is 1. The predicted molar refractivity (Wildman–Crippen MR) is 58.0 cm³/mol. The molecule has 0 bridgehead atoms. The maximum atomic E-state index is 12.4. The van der Waals surface area contributed by atoms with E-state index >= 15 is 0 Å². The number of rotatable bonds is 2. The van der Waals surface area contributed by atoms with E-state index in [1.54, 1.807) is 0 Å². The summed E-state index contributed by atoms with van der Waals surface area (Å²) in [5.74, 6) is -0.443. The van der Waals surface area contributed by atoms with Gasteiger partial charge in [-0.05, 0) is 31.4 Å². The standard InChI is InChI=1S/C11H11ClF3NO/c12-8-3-6(11(13,14)15)4-9(17)7(8)5-10(16)1-2-10/h3-4,17H,1-2,5,16H2. The fourth-order valence-electron chi connectivity index (χ4n) is 1.65. The van der Waals surface area contributed by atoms with Gasteiger partial charge in [-0.1, -0.05) is 11.6 Å². The first-order valence-corrected chi connectivity index (χ1v) is 5.47. The molecule has 0 radical (unpaired) electrons. The highest BCUT2D eigenvalue weighted by molar-refractivity contribution is 6.31. The lowest BCUT2D eigenvalue weighted by atomic mass is 10.0. The van der Waals surface area contributed by atoms with Gasteiger partial charge in [0, 0.05) is 16.1 Å². The third-order valence-electron chi connectivity index (χ3n) is 2.92. The highest BCUT2D eigenvalue weighted by Gasteiger charge is 2.40. The molecule has 1 aliphatic rings. The molecular formula is C11H11ClF3NO. The van der Waals surface area contributed by atoms with E-state index in [9.17, 15) is 18.3 Å². The average Bonchev–Trinajstić information content (AvgIpc) is 2.89. The Balaban J connectivity index is 2.35. The smallest absolute Gasteiger partial charge is 0.416 e. The van der Waals surface area contributed by atoms with Crippen LogP contribution in [-0.2, 0) is 12.6 Å². The monoisotopic (exact) mass is 265 g/mol. The second-order valence-electron chi connectivity index (χ2n) is 4.49. The molecule has 0 saturated heterocycles. The van der Waals surface area contributed by atoms with Gasteiger partial charge in [-0.25, -0.2) is 0 Å². The molecular weight excluding hydrogens is 255 g/mol. The van der Waals surface area contributed by atoms with E-state index in [-0.39, 0.29) is 5.02 Å². The summed E-state index contributed by atoms with van der Waals surface area (Å²) in [5, 5.41) is 9.50. The fourth-order valence-corrected chi connectivity index (χ4v) is 1.93. The molecule has 1 aromatic rings. The highest BCUT2D eigenvalue weighted by Crippen LogP contribution is 2.42. The van der Waals surface area contributed by atoms with Gasteiger partial charge in [0.05, 0.1) is 5.56 Å². The predicted octanol–water partition coefficient (Wildman–Crippen LogP) is 3.10. The summed E-state index contributed by atoms with van der Waals surface area (Å²) in [6.45, 7) is 0. The Morgan fingerprint density at radius 1 is 1.35 bits per heavy atom. The molecule has 0 amide bonds. The quantitative estimate of drug-likeness (QED) is 0.863. The van der Waals surface area contributed by atoms with E-state index in [1.165, 1.54) is 0 Å². The van der Waals surface area contributed by atoms with Gasteiger partial charge >= 0.3 is 6.18 Å². The zero-order valence-electron chi connectivity index (χ0n) is 8.81. The lowest BCUT2D eigenvalue weighted by Gasteiger charge is -2.14. The van der Waals surface area contributed by atoms with Crippen LogP contribution in [0, 0.1) is 0 Å². The SMILES string of the molecule is NC1(Cc2c(O)cc(C(F)(F)F)cc2Cl)CC1. The topological polar surface area (TPSA) is 46.2 Å². The number of phenolic OH excluding ortho intramolecular Hbond substituents is 1. The van der Waals surface area contributed by atoms with Gasteiger partial charge in [0.1, 0.15) is 5.75 Å². The molecule has 0 unspecified atom stereocenters. The van der Waals surface area contributed by atoms with Crippen molar-refractivity contribution in [1.82, 2.24) is 0 Å². The highest BCUT2D eigenvalue weighted by atomic mass is 35.5. The summed E-state index contributed by atoms with van der Waals surface area (Å²) in [6.07, 6.45) is -2.62. The number of alkyl halides is 3. The number of aromatic hydroxyl groups is 1. The van der Waals surface area contributed by atoms with Gasteiger partial charge in [-0.15, -0.1) is 0 Å². The van der Waals surface area contributed by atoms with E-state index in [0.29, 0.717) is 18.1 Å². The molecule has 1 aliphatic carbocycles. The third kappa shape index (κ3) is 2.66. The van der Waals surface area contributed by atoms with Crippen LogP contribution in [0.1, 0.15) is 24.0 Å². The van der Waals surface area contributed by atoms with Crippen LogP contribution in [0.2, 0.25) is 5.02 Å². The van der Waals surface area contributed by atoms with Gasteiger partial charge in [-0.3, -0.25) is 0 Å². The maximum absolute atomic E-state index is 12.4. The van der Waals surface area contributed by atoms with Gasteiger partial charge in [0.25, 0.3) is 0 Å². The Morgan fingerprint density at radius 3 is 2.35 bits per heavy atom. The molecule has 1 saturated carbocycles. The summed E-state index contributed by atoms with van der Waals surface area (Å²) in [7, 11) is 0. The van der Waals surface area contributed by atoms with Gasteiger partial charge in [0.2, 0.25) is 0 Å². The van der Waals surface area contributed by atoms with Crippen molar-refractivity contribution in [3.05, 3.63) is 28.3 Å². The van der Waals surface area contributed by atoms with E-state index in [0.717, 1.165) is 18.9 Å². The van der Waals surface area contributed by atoms with Crippen molar-refractivity contribution in [2.45, 2.75) is 31.0 Å². The lowest BCUT2D eigenvalue weighted by molar-refractivity contribution is -0.137. The van der Waals surface area contributed by atoms with Crippen molar-refractivity contribution in [3.63, 3.8) is 0 Å². The summed E-state index contributed by atoms with van der Waals surface area (Å²) < 4.78 is 37.3. The van der Waals surface area contributed by atoms with Crippen LogP contribution in [0.4, 0.5) is 13.2 Å². The van der Waals surface area contributed by atoms with Crippen molar-refractivity contribution in [2.75, 3.05) is 0 Å². The Morgan fingerprint density at radius 2 is 1.94 bits per heavy atom. The number of hydrogen-bond acceptors (Lipinski definition) is 2. The molecule has 6 heteroatoms. The molecule has 0 aliphatic heterocycles. The molecule has 1 aromatic carbocycles. The number of benzene rings is 1. The summed E-state index contributed by atoms with van der Waals surface area (Å²) in [5.41, 5.74) is 4.77. The molecule has 0 spiro atoms. The molecule has 2 nitrogen and oxygen atoms in total. The number of hydrogen-bond donors (Lipinski definition) is 2. The third-order valence-corrected chi connectivity index (χ3v) is 3.26. The minimum absolute atomic E-state index is 0.0888. The van der Waals surface area contributed by atoms with Crippen molar-refractivity contribution < 1.29 is 18.3 Å². The van der Waals surface area contributed by atoms with Crippen molar-refractivity contribution in [2.24, 2.45) is 5.73 Å². The second kappa shape index (κ2) is 3.78. The summed E-state index contributed by atoms with van der Waals surface area (Å²) in [6, 6.07) is 1.51. The first-order chi connectivity index (χ1) is 7.71. The van der Waals surface area contributed by atoms with E-state index in [4.69, 9.17) is 17.3 Å². The first kappa shape index (κ1) is 12.5. The normalized spacial score (nSPS) is 18.2. The lowest BCUT2D eigenvalue weighted by Crippen LogP contribution is -2.24. The van der Waals surface area contributed by atoms with Gasteiger partial charge in [-0.2, -0.15) is 13.2 Å². The van der Waals surface area contributed by atoms with Crippen LogP contribution in [0.25, 0.3) is 0 Å². The number of halogens is 4.